The number of nitrogens with one attached hydrogen (secondary N) is 2. The second-order valence-corrected chi connectivity index (χ2v) is 10.1. The fourth-order valence-electron chi connectivity index (χ4n) is 3.76. The van der Waals surface area contributed by atoms with Crippen LogP contribution in [0, 0.1) is 11.3 Å². The number of benzene rings is 1. The quantitative estimate of drug-likeness (QED) is 0.625. The van der Waals surface area contributed by atoms with Crippen molar-refractivity contribution in [3.05, 3.63) is 30.0 Å². The van der Waals surface area contributed by atoms with Crippen molar-refractivity contribution in [1.82, 2.24) is 20.4 Å². The lowest BCUT2D eigenvalue weighted by Crippen LogP contribution is -2.54. The van der Waals surface area contributed by atoms with Crippen molar-refractivity contribution in [2.24, 2.45) is 11.3 Å². The van der Waals surface area contributed by atoms with E-state index in [0.29, 0.717) is 11.6 Å². The predicted octanol–water partition coefficient (Wildman–Crippen LogP) is 2.43. The summed E-state index contributed by atoms with van der Waals surface area (Å²) in [4.78, 5) is 25.8. The van der Waals surface area contributed by atoms with Crippen molar-refractivity contribution in [2.75, 3.05) is 24.7 Å². The van der Waals surface area contributed by atoms with Crippen LogP contribution in [0.25, 0.3) is 10.9 Å². The average molecular weight is 433 g/mol. The molecule has 0 aliphatic carbocycles. The molecule has 8 heteroatoms. The van der Waals surface area contributed by atoms with Gasteiger partial charge in [-0.25, -0.2) is 0 Å². The van der Waals surface area contributed by atoms with Gasteiger partial charge in [0.1, 0.15) is 6.04 Å². The summed E-state index contributed by atoms with van der Waals surface area (Å²) in [7, 11) is 0. The number of hydrogen-bond acceptors (Lipinski definition) is 5. The van der Waals surface area contributed by atoms with Gasteiger partial charge in [0.15, 0.2) is 5.69 Å². The lowest BCUT2D eigenvalue weighted by atomic mass is 9.86. The summed E-state index contributed by atoms with van der Waals surface area (Å²) in [6.45, 7) is 6.49. The van der Waals surface area contributed by atoms with Crippen molar-refractivity contribution in [3.8, 4) is 0 Å². The highest BCUT2D eigenvalue weighted by atomic mass is 32.2. The first-order chi connectivity index (χ1) is 14.3. The van der Waals surface area contributed by atoms with Gasteiger partial charge in [-0.05, 0) is 41.7 Å². The summed E-state index contributed by atoms with van der Waals surface area (Å²) >= 11 is 1.99. The summed E-state index contributed by atoms with van der Waals surface area (Å²) < 4.78 is 1.95. The molecule has 164 valence electrons. The van der Waals surface area contributed by atoms with Crippen LogP contribution < -0.4 is 10.6 Å². The minimum absolute atomic E-state index is 0.148. The first-order valence-electron chi connectivity index (χ1n) is 10.5. The van der Waals surface area contributed by atoms with Crippen LogP contribution >= 0.6 is 11.8 Å². The monoisotopic (exact) mass is 432 g/mol. The topological polar surface area (TPSA) is 96.2 Å². The fraction of sp³-hybridized carbons (Fsp3) is 0.591. The second-order valence-electron chi connectivity index (χ2n) is 8.89. The Morgan fingerprint density at radius 2 is 1.97 bits per heavy atom. The zero-order valence-electron chi connectivity index (χ0n) is 18.0. The highest BCUT2D eigenvalue weighted by Gasteiger charge is 2.34. The van der Waals surface area contributed by atoms with Crippen LogP contribution in [-0.2, 0) is 11.3 Å². The third kappa shape index (κ3) is 5.35. The molecule has 1 saturated heterocycles. The maximum Gasteiger partial charge on any atom is 0.273 e. The molecule has 0 bridgehead atoms. The Bertz CT molecular complexity index is 884. The number of nitrogens with zero attached hydrogens (tertiary/aromatic N) is 2. The zero-order chi connectivity index (χ0) is 21.7. The summed E-state index contributed by atoms with van der Waals surface area (Å²) in [5.74, 6) is 2.24. The Kier molecular flexibility index (Phi) is 7.41. The van der Waals surface area contributed by atoms with Crippen molar-refractivity contribution >= 4 is 34.5 Å². The molecule has 2 amide bonds. The molecular weight excluding hydrogens is 400 g/mol. The summed E-state index contributed by atoms with van der Waals surface area (Å²) in [6, 6.07) is 7.02. The third-order valence-electron chi connectivity index (χ3n) is 5.46. The van der Waals surface area contributed by atoms with Crippen molar-refractivity contribution in [1.29, 1.82) is 0 Å². The van der Waals surface area contributed by atoms with E-state index in [9.17, 15) is 9.59 Å². The Morgan fingerprint density at radius 1 is 1.27 bits per heavy atom. The first kappa shape index (κ1) is 22.6. The number of carbonyl (C=O) groups is 2. The highest BCUT2D eigenvalue weighted by Crippen LogP contribution is 2.27. The molecule has 1 aromatic heterocycles. The van der Waals surface area contributed by atoms with Crippen LogP contribution in [0.1, 0.15) is 44.1 Å². The van der Waals surface area contributed by atoms with Gasteiger partial charge in [0, 0.05) is 18.5 Å². The smallest absolute Gasteiger partial charge is 0.273 e. The molecule has 2 heterocycles. The lowest BCUT2D eigenvalue weighted by Gasteiger charge is -2.30. The first-order valence-corrected chi connectivity index (χ1v) is 11.7. The molecule has 1 aromatic carbocycles. The molecule has 3 N–H and O–H groups in total. The number of carbonyl (C=O) groups excluding carboxylic acids is 2. The number of aliphatic hydroxyl groups is 1. The number of thioether (sulfide) groups is 1. The van der Waals surface area contributed by atoms with Crippen LogP contribution in [0.4, 0.5) is 0 Å². The van der Waals surface area contributed by atoms with E-state index >= 15 is 0 Å². The van der Waals surface area contributed by atoms with E-state index in [1.165, 1.54) is 11.5 Å². The summed E-state index contributed by atoms with van der Waals surface area (Å²) in [5, 5.41) is 20.0. The standard InChI is InChI=1S/C22H32N4O3S/c1-22(2,3)19(21(29)23-10-11-27)24-20(28)18-16-6-4-5-7-17(16)26(25-18)14-15-8-12-30-13-9-15/h4-7,15,19,27H,8-14H2,1-3H3,(H,23,29)(H,24,28)/t19-/m1/s1. The molecular formula is C22H32N4O3S. The molecule has 7 nitrogen and oxygen atoms in total. The van der Waals surface area contributed by atoms with Crippen molar-refractivity contribution in [3.63, 3.8) is 0 Å². The van der Waals surface area contributed by atoms with Gasteiger partial charge < -0.3 is 15.7 Å². The van der Waals surface area contributed by atoms with Gasteiger partial charge in [0.2, 0.25) is 5.91 Å². The minimum Gasteiger partial charge on any atom is -0.395 e. The van der Waals surface area contributed by atoms with E-state index in [2.05, 4.69) is 15.7 Å². The van der Waals surface area contributed by atoms with Crippen LogP contribution in [0.2, 0.25) is 0 Å². The third-order valence-corrected chi connectivity index (χ3v) is 6.51. The van der Waals surface area contributed by atoms with Gasteiger partial charge in [0.05, 0.1) is 12.1 Å². The van der Waals surface area contributed by atoms with E-state index < -0.39 is 11.5 Å². The SMILES string of the molecule is CC(C)(C)[C@H](NC(=O)c1nn(CC2CCSCC2)c2ccccc12)C(=O)NCCO. The number of hydrogen-bond donors (Lipinski definition) is 3. The van der Waals surface area contributed by atoms with Gasteiger partial charge in [-0.2, -0.15) is 16.9 Å². The molecule has 0 saturated carbocycles. The Morgan fingerprint density at radius 3 is 2.63 bits per heavy atom. The van der Waals surface area contributed by atoms with E-state index in [1.54, 1.807) is 0 Å². The number of aliphatic hydroxyl groups excluding tert-OH is 1. The van der Waals surface area contributed by atoms with Gasteiger partial charge in [-0.1, -0.05) is 39.0 Å². The maximum atomic E-state index is 13.2. The minimum atomic E-state index is -0.740. The van der Waals surface area contributed by atoms with Gasteiger partial charge >= 0.3 is 0 Å². The maximum absolute atomic E-state index is 13.2. The largest absolute Gasteiger partial charge is 0.395 e. The second kappa shape index (κ2) is 9.83. The fourth-order valence-corrected chi connectivity index (χ4v) is 4.97. The molecule has 1 aliphatic heterocycles. The molecule has 2 aromatic rings. The molecule has 1 atom stereocenters. The number of aromatic nitrogens is 2. The normalized spacial score (nSPS) is 16.4. The number of amides is 2. The van der Waals surface area contributed by atoms with Crippen molar-refractivity contribution < 1.29 is 14.7 Å². The van der Waals surface area contributed by atoms with E-state index in [-0.39, 0.29) is 25.0 Å². The molecule has 30 heavy (non-hydrogen) atoms. The highest BCUT2D eigenvalue weighted by molar-refractivity contribution is 7.99. The molecule has 1 aliphatic rings. The lowest BCUT2D eigenvalue weighted by molar-refractivity contribution is -0.125. The molecule has 0 radical (unpaired) electrons. The zero-order valence-corrected chi connectivity index (χ0v) is 18.8. The summed E-state index contributed by atoms with van der Waals surface area (Å²) in [6.07, 6.45) is 2.33. The molecule has 0 spiro atoms. The number of para-hydroxylation sites is 1. The van der Waals surface area contributed by atoms with Gasteiger partial charge in [0.25, 0.3) is 5.91 Å². The van der Waals surface area contributed by atoms with Crippen LogP contribution in [0.3, 0.4) is 0 Å². The van der Waals surface area contributed by atoms with Gasteiger partial charge in [-0.15, -0.1) is 0 Å². The van der Waals surface area contributed by atoms with Crippen LogP contribution in [-0.4, -0.2) is 57.4 Å². The number of rotatable bonds is 7. The average Bonchev–Trinajstić information content (AvgIpc) is 3.08. The molecule has 0 unspecified atom stereocenters. The Balaban J connectivity index is 1.85. The van der Waals surface area contributed by atoms with E-state index in [0.717, 1.165) is 30.3 Å². The van der Waals surface area contributed by atoms with Crippen LogP contribution in [0.5, 0.6) is 0 Å². The van der Waals surface area contributed by atoms with Crippen molar-refractivity contribution in [2.45, 2.75) is 46.2 Å². The van der Waals surface area contributed by atoms with E-state index in [1.807, 2.05) is 61.5 Å². The van der Waals surface area contributed by atoms with Gasteiger partial charge in [-0.3, -0.25) is 14.3 Å². The number of fused-ring (bicyclic) bond motifs is 1. The van der Waals surface area contributed by atoms with E-state index in [4.69, 9.17) is 5.11 Å². The summed E-state index contributed by atoms with van der Waals surface area (Å²) in [5.41, 5.74) is 0.797. The molecule has 1 fully saturated rings. The Labute approximate surface area is 182 Å². The predicted molar refractivity (Wildman–Crippen MR) is 121 cm³/mol. The Hall–Kier alpha value is -2.06. The molecule has 3 rings (SSSR count). The van der Waals surface area contributed by atoms with Crippen LogP contribution in [0.15, 0.2) is 24.3 Å².